The molecule has 90 valence electrons. The Morgan fingerprint density at radius 2 is 2.12 bits per heavy atom. The van der Waals surface area contributed by atoms with Crippen molar-refractivity contribution in [2.75, 3.05) is 29.7 Å². The molecule has 0 aliphatic heterocycles. The van der Waals surface area contributed by atoms with Crippen LogP contribution in [0, 0.1) is 6.92 Å². The minimum Gasteiger partial charge on any atom is -0.398 e. The minimum absolute atomic E-state index is 0.509. The fourth-order valence-corrected chi connectivity index (χ4v) is 2.89. The molecule has 0 aliphatic carbocycles. The van der Waals surface area contributed by atoms with Gasteiger partial charge in [-0.25, -0.2) is 0 Å². The van der Waals surface area contributed by atoms with Gasteiger partial charge in [0.15, 0.2) is 0 Å². The topological polar surface area (TPSA) is 29.3 Å². The van der Waals surface area contributed by atoms with Crippen LogP contribution in [0.15, 0.2) is 16.6 Å². The molecule has 0 heterocycles. The van der Waals surface area contributed by atoms with E-state index in [-0.39, 0.29) is 0 Å². The van der Waals surface area contributed by atoms with Gasteiger partial charge in [-0.05, 0) is 53.7 Å². The third kappa shape index (κ3) is 3.08. The number of halogens is 1. The summed E-state index contributed by atoms with van der Waals surface area (Å²) in [5.74, 6) is 1.12. The first-order chi connectivity index (χ1) is 7.47. The first-order valence-corrected chi connectivity index (χ1v) is 7.43. The van der Waals surface area contributed by atoms with Gasteiger partial charge in [0, 0.05) is 29.0 Å². The summed E-state index contributed by atoms with van der Waals surface area (Å²) in [6.45, 7) is 4.27. The van der Waals surface area contributed by atoms with Crippen molar-refractivity contribution in [3.05, 3.63) is 22.2 Å². The molecule has 0 amide bonds. The molecule has 1 rings (SSSR count). The zero-order valence-electron chi connectivity index (χ0n) is 10.2. The Balaban J connectivity index is 2.99. The molecular weight excluding hydrogens is 284 g/mol. The van der Waals surface area contributed by atoms with Crippen molar-refractivity contribution in [3.8, 4) is 0 Å². The van der Waals surface area contributed by atoms with Gasteiger partial charge in [-0.1, -0.05) is 0 Å². The molecule has 2 N–H and O–H groups in total. The average molecular weight is 303 g/mol. The number of hydrogen-bond donors (Lipinski definition) is 1. The van der Waals surface area contributed by atoms with Gasteiger partial charge in [0.2, 0.25) is 0 Å². The van der Waals surface area contributed by atoms with Gasteiger partial charge in [0.05, 0.1) is 5.69 Å². The first kappa shape index (κ1) is 13.7. The number of nitrogen functional groups attached to an aromatic ring is 1. The van der Waals surface area contributed by atoms with E-state index in [9.17, 15) is 0 Å². The van der Waals surface area contributed by atoms with Gasteiger partial charge in [-0.2, -0.15) is 11.8 Å². The van der Waals surface area contributed by atoms with Crippen molar-refractivity contribution >= 4 is 39.1 Å². The monoisotopic (exact) mass is 302 g/mol. The lowest BCUT2D eigenvalue weighted by atomic mass is 10.1. The van der Waals surface area contributed by atoms with Crippen LogP contribution >= 0.6 is 27.7 Å². The molecule has 0 saturated carbocycles. The second-order valence-electron chi connectivity index (χ2n) is 4.08. The van der Waals surface area contributed by atoms with Crippen LogP contribution in [0.25, 0.3) is 0 Å². The number of thioether (sulfide) groups is 1. The van der Waals surface area contributed by atoms with Crippen molar-refractivity contribution in [3.63, 3.8) is 0 Å². The molecule has 0 bridgehead atoms. The predicted octanol–water partition coefficient (Wildman–Crippen LogP) is 3.53. The summed E-state index contributed by atoms with van der Waals surface area (Å²) in [6, 6.07) is 4.62. The maximum absolute atomic E-state index is 5.87. The van der Waals surface area contributed by atoms with Gasteiger partial charge in [0.1, 0.15) is 0 Å². The maximum Gasteiger partial charge on any atom is 0.0514 e. The van der Waals surface area contributed by atoms with E-state index in [0.29, 0.717) is 6.04 Å². The van der Waals surface area contributed by atoms with Gasteiger partial charge < -0.3 is 10.6 Å². The van der Waals surface area contributed by atoms with E-state index in [2.05, 4.69) is 47.1 Å². The largest absolute Gasteiger partial charge is 0.398 e. The van der Waals surface area contributed by atoms with E-state index >= 15 is 0 Å². The third-order valence-electron chi connectivity index (χ3n) is 2.78. The fraction of sp³-hybridized carbons (Fsp3) is 0.500. The highest BCUT2D eigenvalue weighted by atomic mass is 79.9. The highest BCUT2D eigenvalue weighted by Gasteiger charge is 2.13. The van der Waals surface area contributed by atoms with Crippen LogP contribution in [0.4, 0.5) is 11.4 Å². The lowest BCUT2D eigenvalue weighted by Gasteiger charge is -2.28. The number of nitrogens with two attached hydrogens (primary N) is 1. The van der Waals surface area contributed by atoms with E-state index in [4.69, 9.17) is 5.73 Å². The molecule has 0 aliphatic rings. The van der Waals surface area contributed by atoms with E-state index in [1.807, 2.05) is 24.8 Å². The van der Waals surface area contributed by atoms with Gasteiger partial charge in [-0.15, -0.1) is 0 Å². The predicted molar refractivity (Wildman–Crippen MR) is 79.5 cm³/mol. The summed E-state index contributed by atoms with van der Waals surface area (Å²) in [6.07, 6.45) is 2.13. The fourth-order valence-electron chi connectivity index (χ4n) is 1.54. The Morgan fingerprint density at radius 3 is 2.69 bits per heavy atom. The number of anilines is 2. The summed E-state index contributed by atoms with van der Waals surface area (Å²) in [4.78, 5) is 2.28. The van der Waals surface area contributed by atoms with Crippen LogP contribution < -0.4 is 10.6 Å². The van der Waals surface area contributed by atoms with Crippen LogP contribution in [0.5, 0.6) is 0 Å². The van der Waals surface area contributed by atoms with Crippen molar-refractivity contribution in [1.82, 2.24) is 0 Å². The highest BCUT2D eigenvalue weighted by Crippen LogP contribution is 2.31. The Morgan fingerprint density at radius 1 is 1.50 bits per heavy atom. The zero-order chi connectivity index (χ0) is 12.3. The van der Waals surface area contributed by atoms with Crippen LogP contribution in [-0.2, 0) is 0 Å². The van der Waals surface area contributed by atoms with E-state index in [0.717, 1.165) is 21.5 Å². The number of aryl methyl sites for hydroxylation is 1. The van der Waals surface area contributed by atoms with Crippen LogP contribution in [0.1, 0.15) is 12.5 Å². The number of nitrogens with zero attached hydrogens (tertiary/aromatic N) is 1. The second kappa shape index (κ2) is 5.82. The second-order valence-corrected chi connectivity index (χ2v) is 5.84. The molecule has 1 aromatic rings. The van der Waals surface area contributed by atoms with Crippen molar-refractivity contribution in [1.29, 1.82) is 0 Å². The Hall–Kier alpha value is -0.350. The van der Waals surface area contributed by atoms with Crippen LogP contribution in [0.2, 0.25) is 0 Å². The molecule has 2 nitrogen and oxygen atoms in total. The van der Waals surface area contributed by atoms with E-state index in [1.54, 1.807) is 0 Å². The van der Waals surface area contributed by atoms with Crippen LogP contribution in [0.3, 0.4) is 0 Å². The van der Waals surface area contributed by atoms with E-state index in [1.165, 1.54) is 5.69 Å². The number of rotatable bonds is 4. The third-order valence-corrected chi connectivity index (χ3v) is 4.24. The van der Waals surface area contributed by atoms with Gasteiger partial charge in [-0.3, -0.25) is 0 Å². The molecule has 0 radical (unpaired) electrons. The lowest BCUT2D eigenvalue weighted by molar-refractivity contribution is 0.764. The van der Waals surface area contributed by atoms with Crippen molar-refractivity contribution < 1.29 is 0 Å². The summed E-state index contributed by atoms with van der Waals surface area (Å²) in [7, 11) is 2.12. The summed E-state index contributed by atoms with van der Waals surface area (Å²) in [5.41, 5.74) is 9.03. The highest BCUT2D eigenvalue weighted by molar-refractivity contribution is 9.10. The molecule has 0 fully saturated rings. The molecule has 1 aromatic carbocycles. The summed E-state index contributed by atoms with van der Waals surface area (Å²) >= 11 is 5.44. The lowest BCUT2D eigenvalue weighted by Crippen LogP contribution is -2.31. The first-order valence-electron chi connectivity index (χ1n) is 5.24. The Labute approximate surface area is 111 Å². The SMILES string of the molecule is CSCC(C)N(C)c1cc(C)c(N)cc1Br. The quantitative estimate of drug-likeness (QED) is 0.863. The molecule has 1 atom stereocenters. The molecule has 1 unspecified atom stereocenters. The smallest absolute Gasteiger partial charge is 0.0514 e. The normalized spacial score (nSPS) is 12.6. The molecule has 0 aromatic heterocycles. The van der Waals surface area contributed by atoms with Crippen molar-refractivity contribution in [2.45, 2.75) is 19.9 Å². The molecule has 4 heteroatoms. The maximum atomic E-state index is 5.87. The molecular formula is C12H19BrN2S. The number of benzene rings is 1. The molecule has 0 saturated heterocycles. The van der Waals surface area contributed by atoms with Gasteiger partial charge in [0.25, 0.3) is 0 Å². The zero-order valence-corrected chi connectivity index (χ0v) is 12.7. The Bertz CT molecular complexity index is 368. The minimum atomic E-state index is 0.509. The summed E-state index contributed by atoms with van der Waals surface area (Å²) < 4.78 is 1.06. The van der Waals surface area contributed by atoms with Crippen LogP contribution in [-0.4, -0.2) is 25.1 Å². The average Bonchev–Trinajstić information content (AvgIpc) is 2.23. The Kier molecular flexibility index (Phi) is 4.99. The molecule has 0 spiro atoms. The number of hydrogen-bond acceptors (Lipinski definition) is 3. The standard InChI is InChI=1S/C12H19BrN2S/c1-8-5-12(10(13)6-11(8)14)15(3)9(2)7-16-4/h5-6,9H,7,14H2,1-4H3. The molecule has 16 heavy (non-hydrogen) atoms. The van der Waals surface area contributed by atoms with E-state index < -0.39 is 0 Å². The van der Waals surface area contributed by atoms with Gasteiger partial charge >= 0.3 is 0 Å². The summed E-state index contributed by atoms with van der Waals surface area (Å²) in [5, 5.41) is 0. The van der Waals surface area contributed by atoms with Crippen molar-refractivity contribution in [2.24, 2.45) is 0 Å².